The maximum atomic E-state index is 11.2. The second-order valence-corrected chi connectivity index (χ2v) is 4.36. The maximum Gasteiger partial charge on any atom is 0.327 e. The zero-order valence-corrected chi connectivity index (χ0v) is 11.6. The Morgan fingerprint density at radius 2 is 1.95 bits per heavy atom. The summed E-state index contributed by atoms with van der Waals surface area (Å²) in [5.74, 6) is 0.368. The summed E-state index contributed by atoms with van der Waals surface area (Å²) < 4.78 is 10.9. The third-order valence-electron chi connectivity index (χ3n) is 2.68. The highest BCUT2D eigenvalue weighted by atomic mass is 16.5. The van der Waals surface area contributed by atoms with E-state index in [0.29, 0.717) is 24.7 Å². The molecule has 0 aliphatic heterocycles. The molecule has 0 heterocycles. The first kappa shape index (κ1) is 15.3. The number of carboxylic acid groups (broad SMARTS) is 1. The Kier molecular flexibility index (Phi) is 5.63. The number of carbonyl (C=O) groups is 1. The summed E-state index contributed by atoms with van der Waals surface area (Å²) in [6.45, 7) is 6.55. The number of rotatable bonds is 8. The van der Waals surface area contributed by atoms with Crippen LogP contribution in [0.3, 0.4) is 0 Å². The summed E-state index contributed by atoms with van der Waals surface area (Å²) in [5, 5.41) is 12.1. The van der Waals surface area contributed by atoms with Gasteiger partial charge in [-0.3, -0.25) is 10.1 Å². The van der Waals surface area contributed by atoms with Crippen LogP contribution in [0.1, 0.15) is 20.8 Å². The zero-order chi connectivity index (χ0) is 14.3. The van der Waals surface area contributed by atoms with Crippen LogP contribution in [0.2, 0.25) is 0 Å². The quantitative estimate of drug-likeness (QED) is 0.753. The highest BCUT2D eigenvalue weighted by Crippen LogP contribution is 2.20. The monoisotopic (exact) mass is 267 g/mol. The Bertz CT molecular complexity index is 422. The molecule has 5 nitrogen and oxygen atoms in total. The van der Waals surface area contributed by atoms with E-state index in [2.05, 4.69) is 5.32 Å². The molecule has 1 rings (SSSR count). The standard InChI is InChI=1S/C14H21NO4/c1-4-15-14(3,13(16)17)10-19-12-8-6-7-11(9-12)18-5-2/h6-9,15H,4-5,10H2,1-3H3,(H,16,17). The molecule has 0 saturated heterocycles. The van der Waals surface area contributed by atoms with Crippen molar-refractivity contribution in [1.29, 1.82) is 0 Å². The predicted molar refractivity (Wildman–Crippen MR) is 72.8 cm³/mol. The fourth-order valence-electron chi connectivity index (χ4n) is 1.63. The van der Waals surface area contributed by atoms with Crippen molar-refractivity contribution in [3.8, 4) is 11.5 Å². The van der Waals surface area contributed by atoms with Gasteiger partial charge in [-0.05, 0) is 32.5 Å². The van der Waals surface area contributed by atoms with Crippen molar-refractivity contribution in [3.63, 3.8) is 0 Å². The van der Waals surface area contributed by atoms with Crippen molar-refractivity contribution in [2.24, 2.45) is 0 Å². The molecule has 0 aromatic heterocycles. The van der Waals surface area contributed by atoms with Gasteiger partial charge in [0.05, 0.1) is 6.61 Å². The Morgan fingerprint density at radius 3 is 2.47 bits per heavy atom. The lowest BCUT2D eigenvalue weighted by Gasteiger charge is -2.25. The first-order valence-electron chi connectivity index (χ1n) is 6.36. The number of carboxylic acids is 1. The number of hydrogen-bond acceptors (Lipinski definition) is 4. The third-order valence-corrected chi connectivity index (χ3v) is 2.68. The number of hydrogen-bond donors (Lipinski definition) is 2. The summed E-state index contributed by atoms with van der Waals surface area (Å²) >= 11 is 0. The average molecular weight is 267 g/mol. The third kappa shape index (κ3) is 4.44. The molecule has 1 aromatic carbocycles. The summed E-state index contributed by atoms with van der Waals surface area (Å²) in [7, 11) is 0. The molecule has 0 aliphatic rings. The van der Waals surface area contributed by atoms with E-state index in [1.807, 2.05) is 26.0 Å². The normalized spacial score (nSPS) is 13.6. The van der Waals surface area contributed by atoms with Crippen LogP contribution < -0.4 is 14.8 Å². The van der Waals surface area contributed by atoms with E-state index >= 15 is 0 Å². The smallest absolute Gasteiger partial charge is 0.327 e. The lowest BCUT2D eigenvalue weighted by atomic mass is 10.0. The highest BCUT2D eigenvalue weighted by Gasteiger charge is 2.33. The molecule has 1 unspecified atom stereocenters. The van der Waals surface area contributed by atoms with Crippen molar-refractivity contribution in [2.45, 2.75) is 26.3 Å². The molecular weight excluding hydrogens is 246 g/mol. The molecule has 19 heavy (non-hydrogen) atoms. The van der Waals surface area contributed by atoms with Crippen molar-refractivity contribution in [3.05, 3.63) is 24.3 Å². The van der Waals surface area contributed by atoms with E-state index in [0.717, 1.165) is 0 Å². The van der Waals surface area contributed by atoms with Crippen LogP contribution in [0, 0.1) is 0 Å². The van der Waals surface area contributed by atoms with Crippen LogP contribution in [0.25, 0.3) is 0 Å². The highest BCUT2D eigenvalue weighted by molar-refractivity contribution is 5.78. The molecule has 1 atom stereocenters. The first-order valence-corrected chi connectivity index (χ1v) is 6.36. The molecule has 0 saturated carbocycles. The number of benzene rings is 1. The summed E-state index contributed by atoms with van der Waals surface area (Å²) in [4.78, 5) is 11.2. The van der Waals surface area contributed by atoms with Gasteiger partial charge in [0.1, 0.15) is 23.6 Å². The Balaban J connectivity index is 2.69. The second-order valence-electron chi connectivity index (χ2n) is 4.36. The average Bonchev–Trinajstić information content (AvgIpc) is 2.37. The Labute approximate surface area is 113 Å². The molecule has 0 spiro atoms. The van der Waals surface area contributed by atoms with Crippen LogP contribution in [0.5, 0.6) is 11.5 Å². The Morgan fingerprint density at radius 1 is 1.32 bits per heavy atom. The molecule has 0 radical (unpaired) electrons. The minimum Gasteiger partial charge on any atom is -0.494 e. The molecule has 0 fully saturated rings. The van der Waals surface area contributed by atoms with E-state index in [1.165, 1.54) is 0 Å². The van der Waals surface area contributed by atoms with E-state index in [4.69, 9.17) is 9.47 Å². The van der Waals surface area contributed by atoms with Gasteiger partial charge in [-0.25, -0.2) is 0 Å². The van der Waals surface area contributed by atoms with Crippen molar-refractivity contribution in [2.75, 3.05) is 19.8 Å². The predicted octanol–water partition coefficient (Wildman–Crippen LogP) is 1.92. The van der Waals surface area contributed by atoms with Gasteiger partial charge in [0.15, 0.2) is 0 Å². The molecule has 5 heteroatoms. The lowest BCUT2D eigenvalue weighted by molar-refractivity contribution is -0.145. The molecule has 1 aromatic rings. The fourth-order valence-corrected chi connectivity index (χ4v) is 1.63. The fraction of sp³-hybridized carbons (Fsp3) is 0.500. The molecule has 0 bridgehead atoms. The number of aliphatic carboxylic acids is 1. The van der Waals surface area contributed by atoms with Gasteiger partial charge in [-0.15, -0.1) is 0 Å². The van der Waals surface area contributed by atoms with Crippen LogP contribution in [-0.4, -0.2) is 36.4 Å². The van der Waals surface area contributed by atoms with Crippen LogP contribution in [-0.2, 0) is 4.79 Å². The van der Waals surface area contributed by atoms with E-state index in [1.54, 1.807) is 19.1 Å². The maximum absolute atomic E-state index is 11.2. The zero-order valence-electron chi connectivity index (χ0n) is 11.6. The SMILES string of the molecule is CCNC(C)(COc1cccc(OCC)c1)C(=O)O. The van der Waals surface area contributed by atoms with Gasteiger partial charge in [-0.2, -0.15) is 0 Å². The summed E-state index contributed by atoms with van der Waals surface area (Å²) in [6, 6.07) is 7.16. The summed E-state index contributed by atoms with van der Waals surface area (Å²) in [6.07, 6.45) is 0. The van der Waals surface area contributed by atoms with Gasteiger partial charge < -0.3 is 14.6 Å². The lowest BCUT2D eigenvalue weighted by Crippen LogP contribution is -2.53. The van der Waals surface area contributed by atoms with Crippen molar-refractivity contribution < 1.29 is 19.4 Å². The molecule has 0 aliphatic carbocycles. The van der Waals surface area contributed by atoms with Gasteiger partial charge >= 0.3 is 5.97 Å². The molecular formula is C14H21NO4. The first-order chi connectivity index (χ1) is 9.01. The Hall–Kier alpha value is -1.75. The summed E-state index contributed by atoms with van der Waals surface area (Å²) in [5.41, 5.74) is -1.10. The van der Waals surface area contributed by atoms with Crippen LogP contribution in [0.15, 0.2) is 24.3 Å². The molecule has 2 N–H and O–H groups in total. The second kappa shape index (κ2) is 6.99. The molecule has 0 amide bonds. The number of ether oxygens (including phenoxy) is 2. The van der Waals surface area contributed by atoms with E-state index in [-0.39, 0.29) is 6.61 Å². The molecule has 106 valence electrons. The van der Waals surface area contributed by atoms with Gasteiger partial charge in [0.2, 0.25) is 0 Å². The van der Waals surface area contributed by atoms with Crippen LogP contribution in [0.4, 0.5) is 0 Å². The van der Waals surface area contributed by atoms with Gasteiger partial charge in [0, 0.05) is 6.07 Å². The van der Waals surface area contributed by atoms with E-state index < -0.39 is 11.5 Å². The van der Waals surface area contributed by atoms with Crippen molar-refractivity contribution in [1.82, 2.24) is 5.32 Å². The van der Waals surface area contributed by atoms with Gasteiger partial charge in [0.25, 0.3) is 0 Å². The largest absolute Gasteiger partial charge is 0.494 e. The minimum atomic E-state index is -1.10. The van der Waals surface area contributed by atoms with Crippen LogP contribution >= 0.6 is 0 Å². The number of nitrogens with one attached hydrogen (secondary N) is 1. The topological polar surface area (TPSA) is 67.8 Å². The van der Waals surface area contributed by atoms with Gasteiger partial charge in [-0.1, -0.05) is 13.0 Å². The number of likely N-dealkylation sites (N-methyl/N-ethyl adjacent to an activating group) is 1. The minimum absolute atomic E-state index is 0.0474. The van der Waals surface area contributed by atoms with E-state index in [9.17, 15) is 9.90 Å². The van der Waals surface area contributed by atoms with Crippen molar-refractivity contribution >= 4 is 5.97 Å².